The molecule has 1 saturated carbocycles. The highest BCUT2D eigenvalue weighted by molar-refractivity contribution is 5.96. The minimum absolute atomic E-state index is 0.00654. The molecule has 0 radical (unpaired) electrons. The minimum Gasteiger partial charge on any atom is -0.493 e. The second kappa shape index (κ2) is 10.6. The zero-order valence-electron chi connectivity index (χ0n) is 21.0. The maximum Gasteiger partial charge on any atom is 0.337 e. The van der Waals surface area contributed by atoms with E-state index >= 15 is 0 Å². The zero-order chi connectivity index (χ0) is 25.1. The molecular formula is C29H33N3O4. The van der Waals surface area contributed by atoms with Crippen molar-refractivity contribution in [2.45, 2.75) is 58.8 Å². The summed E-state index contributed by atoms with van der Waals surface area (Å²) in [6.45, 7) is 5.35. The van der Waals surface area contributed by atoms with Crippen LogP contribution in [0.3, 0.4) is 0 Å². The van der Waals surface area contributed by atoms with E-state index in [1.165, 1.54) is 10.4 Å². The van der Waals surface area contributed by atoms with Gasteiger partial charge < -0.3 is 14.5 Å². The van der Waals surface area contributed by atoms with Crippen LogP contribution in [0.15, 0.2) is 48.8 Å². The van der Waals surface area contributed by atoms with Crippen molar-refractivity contribution in [1.82, 2.24) is 9.94 Å². The van der Waals surface area contributed by atoms with Crippen molar-refractivity contribution in [3.05, 3.63) is 65.5 Å². The minimum atomic E-state index is -0.218. The zero-order valence-corrected chi connectivity index (χ0v) is 21.0. The summed E-state index contributed by atoms with van der Waals surface area (Å²) in [5.74, 6) is 0.773. The molecule has 7 nitrogen and oxygen atoms in total. The van der Waals surface area contributed by atoms with Crippen LogP contribution in [-0.2, 0) is 16.0 Å². The lowest BCUT2D eigenvalue weighted by molar-refractivity contribution is -0.153. The van der Waals surface area contributed by atoms with Gasteiger partial charge in [-0.05, 0) is 80.3 Å². The van der Waals surface area contributed by atoms with E-state index in [2.05, 4.69) is 25.0 Å². The number of hydrogen-bond acceptors (Lipinski definition) is 5. The molecule has 2 heterocycles. The van der Waals surface area contributed by atoms with Crippen molar-refractivity contribution in [2.75, 3.05) is 18.1 Å². The van der Waals surface area contributed by atoms with Gasteiger partial charge in [0.2, 0.25) is 5.91 Å². The van der Waals surface area contributed by atoms with Crippen LogP contribution in [0, 0.1) is 19.8 Å². The number of carbonyl (C=O) groups excluding carboxylic acids is 2. The molecule has 0 saturated heterocycles. The van der Waals surface area contributed by atoms with Gasteiger partial charge >= 0.3 is 5.97 Å². The van der Waals surface area contributed by atoms with Gasteiger partial charge in [-0.15, -0.1) is 5.10 Å². The highest BCUT2D eigenvalue weighted by Crippen LogP contribution is 2.36. The first-order valence-electron chi connectivity index (χ1n) is 12.9. The topological polar surface area (TPSA) is 73.7 Å². The Kier molecular flexibility index (Phi) is 7.07. The lowest BCUT2D eigenvalue weighted by atomic mass is 9.86. The van der Waals surface area contributed by atoms with Gasteiger partial charge in [0.15, 0.2) is 0 Å². The highest BCUT2D eigenvalue weighted by atomic mass is 16.7. The number of aryl methyl sites for hydroxylation is 1. The Bertz CT molecular complexity index is 1260. The second-order valence-electron chi connectivity index (χ2n) is 9.77. The molecular weight excluding hydrogens is 454 g/mol. The summed E-state index contributed by atoms with van der Waals surface area (Å²) in [6, 6.07) is 12.1. The molecule has 1 aliphatic carbocycles. The van der Waals surface area contributed by atoms with Crippen molar-refractivity contribution in [2.24, 2.45) is 5.92 Å². The Morgan fingerprint density at radius 3 is 2.72 bits per heavy atom. The number of amides is 1. The van der Waals surface area contributed by atoms with E-state index in [0.29, 0.717) is 26.0 Å². The van der Waals surface area contributed by atoms with Gasteiger partial charge in [0.25, 0.3) is 0 Å². The molecule has 0 spiro atoms. The van der Waals surface area contributed by atoms with Crippen LogP contribution in [0.1, 0.15) is 55.2 Å². The third-order valence-corrected chi connectivity index (χ3v) is 7.39. The van der Waals surface area contributed by atoms with Gasteiger partial charge in [-0.1, -0.05) is 35.5 Å². The molecule has 0 atom stereocenters. The number of nitrogens with zero attached hydrogens (tertiary/aromatic N) is 3. The molecule has 0 N–H and O–H groups in total. The van der Waals surface area contributed by atoms with Crippen molar-refractivity contribution >= 4 is 17.6 Å². The molecule has 1 aliphatic heterocycles. The van der Waals surface area contributed by atoms with Gasteiger partial charge in [0, 0.05) is 24.2 Å². The normalized spacial score (nSPS) is 15.2. The van der Waals surface area contributed by atoms with Crippen LogP contribution in [0.5, 0.6) is 5.75 Å². The average molecular weight is 488 g/mol. The van der Waals surface area contributed by atoms with Crippen molar-refractivity contribution in [1.29, 1.82) is 0 Å². The number of hydrogen-bond donors (Lipinski definition) is 0. The Hall–Kier alpha value is -3.61. The van der Waals surface area contributed by atoms with Crippen LogP contribution < -0.4 is 14.5 Å². The van der Waals surface area contributed by atoms with E-state index in [9.17, 15) is 9.59 Å². The number of rotatable bonds is 8. The molecule has 5 rings (SSSR count). The first kappa shape index (κ1) is 24.1. The van der Waals surface area contributed by atoms with Crippen LogP contribution in [-0.4, -0.2) is 35.0 Å². The van der Waals surface area contributed by atoms with E-state index in [1.54, 1.807) is 12.4 Å². The van der Waals surface area contributed by atoms with Crippen LogP contribution >= 0.6 is 0 Å². The molecule has 3 aromatic rings. The molecule has 0 unspecified atom stereocenters. The standard InChI is InChI=1S/C29H33N3O4/c1-20-8-3-14-27(21(20)2)35-17-7-15-28(33)31-16-6-12-25-24(11-5-13-26(25)31)23-18-30-32(19-23)36-29(34)22-9-4-10-22/h3,5,8,11,13-14,18-19,22H,4,6-7,9-10,12,15-17H2,1-2H3. The molecule has 1 amide bonds. The maximum atomic E-state index is 13.2. The number of benzene rings is 2. The first-order valence-corrected chi connectivity index (χ1v) is 12.9. The molecule has 1 aromatic heterocycles. The summed E-state index contributed by atoms with van der Waals surface area (Å²) in [5.41, 5.74) is 6.33. The Morgan fingerprint density at radius 1 is 1.08 bits per heavy atom. The summed E-state index contributed by atoms with van der Waals surface area (Å²) >= 11 is 0. The van der Waals surface area contributed by atoms with E-state index < -0.39 is 0 Å². The summed E-state index contributed by atoms with van der Waals surface area (Å²) in [5, 5.41) is 4.24. The Balaban J connectivity index is 1.23. The monoisotopic (exact) mass is 487 g/mol. The molecule has 0 bridgehead atoms. The van der Waals surface area contributed by atoms with Crippen LogP contribution in [0.4, 0.5) is 5.69 Å². The smallest absolute Gasteiger partial charge is 0.337 e. The number of ether oxygens (including phenoxy) is 1. The summed E-state index contributed by atoms with van der Waals surface area (Å²) in [7, 11) is 0. The van der Waals surface area contributed by atoms with E-state index in [0.717, 1.165) is 65.8 Å². The van der Waals surface area contributed by atoms with Gasteiger partial charge in [-0.2, -0.15) is 0 Å². The summed E-state index contributed by atoms with van der Waals surface area (Å²) in [4.78, 5) is 33.9. The molecule has 2 aliphatic rings. The third-order valence-electron chi connectivity index (χ3n) is 7.39. The number of fused-ring (bicyclic) bond motifs is 1. The van der Waals surface area contributed by atoms with Gasteiger partial charge in [-0.25, -0.2) is 4.79 Å². The van der Waals surface area contributed by atoms with Crippen molar-refractivity contribution in [3.8, 4) is 16.9 Å². The number of aromatic nitrogens is 2. The Labute approximate surface area is 212 Å². The fraction of sp³-hybridized carbons (Fsp3) is 0.414. The highest BCUT2D eigenvalue weighted by Gasteiger charge is 2.28. The second-order valence-corrected chi connectivity index (χ2v) is 9.77. The van der Waals surface area contributed by atoms with Gasteiger partial charge in [0.1, 0.15) is 5.75 Å². The quantitative estimate of drug-likeness (QED) is 0.415. The van der Waals surface area contributed by atoms with Crippen LogP contribution in [0.2, 0.25) is 0 Å². The maximum absolute atomic E-state index is 13.2. The number of carbonyl (C=O) groups is 2. The number of anilines is 1. The largest absolute Gasteiger partial charge is 0.493 e. The summed E-state index contributed by atoms with van der Waals surface area (Å²) < 4.78 is 5.94. The van der Waals surface area contributed by atoms with E-state index in [1.807, 2.05) is 35.2 Å². The SMILES string of the molecule is Cc1cccc(OCCCC(=O)N2CCCc3c(-c4cnn(OC(=O)C5CCC5)c4)cccc32)c1C. The predicted molar refractivity (Wildman–Crippen MR) is 138 cm³/mol. The average Bonchev–Trinajstić information content (AvgIpc) is 3.30. The van der Waals surface area contributed by atoms with Crippen molar-refractivity contribution < 1.29 is 19.2 Å². The third kappa shape index (κ3) is 5.01. The Morgan fingerprint density at radius 2 is 1.92 bits per heavy atom. The molecule has 1 fully saturated rings. The van der Waals surface area contributed by atoms with Gasteiger partial charge in [0.05, 0.1) is 24.9 Å². The first-order chi connectivity index (χ1) is 17.5. The fourth-order valence-electron chi connectivity index (χ4n) is 4.88. The van der Waals surface area contributed by atoms with E-state index in [-0.39, 0.29) is 17.8 Å². The molecule has 2 aromatic carbocycles. The predicted octanol–water partition coefficient (Wildman–Crippen LogP) is 5.06. The molecule has 188 valence electrons. The summed E-state index contributed by atoms with van der Waals surface area (Å²) in [6.07, 6.45) is 9.21. The lowest BCUT2D eigenvalue weighted by Gasteiger charge is -2.31. The molecule has 36 heavy (non-hydrogen) atoms. The van der Waals surface area contributed by atoms with Crippen LogP contribution in [0.25, 0.3) is 11.1 Å². The van der Waals surface area contributed by atoms with Crippen molar-refractivity contribution in [3.63, 3.8) is 0 Å². The van der Waals surface area contributed by atoms with Gasteiger partial charge in [-0.3, -0.25) is 4.79 Å². The fourth-order valence-corrected chi connectivity index (χ4v) is 4.88. The molecule has 7 heteroatoms. The van der Waals surface area contributed by atoms with E-state index in [4.69, 9.17) is 9.57 Å². The lowest BCUT2D eigenvalue weighted by Crippen LogP contribution is -2.35.